The Bertz CT molecular complexity index is 433. The van der Waals surface area contributed by atoms with Crippen molar-refractivity contribution >= 4 is 39.4 Å². The van der Waals surface area contributed by atoms with Crippen molar-refractivity contribution in [3.8, 4) is 0 Å². The van der Waals surface area contributed by atoms with E-state index in [1.54, 1.807) is 0 Å². The summed E-state index contributed by atoms with van der Waals surface area (Å²) in [5.74, 6) is 0. The van der Waals surface area contributed by atoms with Crippen molar-refractivity contribution < 1.29 is 57.1 Å². The first kappa shape index (κ1) is 55.2. The van der Waals surface area contributed by atoms with E-state index in [0.717, 1.165) is 0 Å². The first-order valence-corrected chi connectivity index (χ1v) is 22.1. The van der Waals surface area contributed by atoms with E-state index in [-0.39, 0.29) is 54.9 Å². The van der Waals surface area contributed by atoms with Crippen molar-refractivity contribution in [3.05, 3.63) is 19.6 Å². The molecule has 0 N–H and O–H groups in total. The van der Waals surface area contributed by atoms with Gasteiger partial charge in [0, 0.05) is 0 Å². The van der Waals surface area contributed by atoms with Crippen molar-refractivity contribution in [1.29, 1.82) is 0 Å². The van der Waals surface area contributed by atoms with E-state index in [1.807, 2.05) is 125 Å². The minimum atomic E-state index is -1.18. The molecule has 0 fully saturated rings. The second-order valence-corrected chi connectivity index (χ2v) is 14.6. The molecular weight excluding hydrogens is 780 g/mol. The zero-order chi connectivity index (χ0) is 36.0. The molecule has 0 bridgehead atoms. The molecule has 0 unspecified atom stereocenters. The van der Waals surface area contributed by atoms with Gasteiger partial charge in [-0.15, -0.1) is 6.58 Å². The number of hydrogen-bond acceptors (Lipinski definition) is 9. The van der Waals surface area contributed by atoms with Crippen LogP contribution in [0.1, 0.15) is 125 Å². The van der Waals surface area contributed by atoms with Gasteiger partial charge in [-0.2, -0.15) is 0 Å². The second kappa shape index (κ2) is 37.6. The molecule has 1 radical (unpaired) electrons. The SMILES string of the molecule is CC(C)OP(OC(C)C)OC(C)C.CC(C)OP(OC(C)C)OC(C)C.CC(C)OP(OC(C)C)OC(C)C.[Br][Rh+2].[CH2]C=C. The van der Waals surface area contributed by atoms with Gasteiger partial charge in [0.25, 0.3) is 0 Å². The minimum Gasteiger partial charge on any atom is -0.103 e. The van der Waals surface area contributed by atoms with Crippen molar-refractivity contribution in [1.82, 2.24) is 0 Å². The molecule has 0 saturated heterocycles. The second-order valence-electron chi connectivity index (χ2n) is 11.3. The minimum absolute atomic E-state index is 0.142. The number of rotatable bonds is 18. The van der Waals surface area contributed by atoms with Crippen molar-refractivity contribution in [2.45, 2.75) is 180 Å². The molecule has 0 heterocycles. The molecule has 0 atom stereocenters. The van der Waals surface area contributed by atoms with E-state index in [2.05, 4.69) is 43.5 Å². The van der Waals surface area contributed by atoms with Crippen LogP contribution in [-0.4, -0.2) is 54.9 Å². The Morgan fingerprint density at radius 3 is 0.477 bits per heavy atom. The molecular formula is C30H68BrO9P3Rh+2. The van der Waals surface area contributed by atoms with E-state index in [4.69, 9.17) is 40.7 Å². The van der Waals surface area contributed by atoms with Crippen LogP contribution in [0.5, 0.6) is 0 Å². The van der Waals surface area contributed by atoms with Crippen molar-refractivity contribution in [2.75, 3.05) is 0 Å². The largest absolute Gasteiger partial charge is 0.103 e. The Balaban J connectivity index is -0.000000160. The van der Waals surface area contributed by atoms with Gasteiger partial charge in [0.2, 0.25) is 0 Å². The van der Waals surface area contributed by atoms with Crippen LogP contribution in [0.15, 0.2) is 12.7 Å². The number of hydrogen-bond donors (Lipinski definition) is 0. The first-order chi connectivity index (χ1) is 20.2. The molecule has 0 aliphatic carbocycles. The molecule has 0 aliphatic heterocycles. The summed E-state index contributed by atoms with van der Waals surface area (Å²) in [5.41, 5.74) is 0. The van der Waals surface area contributed by atoms with Gasteiger partial charge in [0.05, 0.1) is 54.9 Å². The molecule has 0 aromatic carbocycles. The third-order valence-corrected chi connectivity index (χ3v) is 8.02. The maximum Gasteiger partial charge on any atom is -0.0319 e. The fraction of sp³-hybridized carbons (Fsp3) is 0.900. The summed E-state index contributed by atoms with van der Waals surface area (Å²) in [7, 11) is -3.54. The third-order valence-electron chi connectivity index (χ3n) is 2.67. The van der Waals surface area contributed by atoms with Gasteiger partial charge >= 0.3 is 55.8 Å². The smallest absolute Gasteiger partial charge is 0.0319 e. The van der Waals surface area contributed by atoms with Crippen LogP contribution < -0.4 is 0 Å². The first-order valence-electron chi connectivity index (χ1n) is 15.1. The van der Waals surface area contributed by atoms with Crippen LogP contribution in [0, 0.1) is 6.92 Å². The predicted octanol–water partition coefficient (Wildman–Crippen LogP) is 12.3. The average molecular weight is 849 g/mol. The maximum absolute atomic E-state index is 5.49. The fourth-order valence-electron chi connectivity index (χ4n) is 1.77. The summed E-state index contributed by atoms with van der Waals surface area (Å²) in [4.78, 5) is 0. The fourth-order valence-corrected chi connectivity index (χ4v) is 5.32. The molecule has 0 aromatic rings. The Morgan fingerprint density at radius 1 is 0.364 bits per heavy atom. The quantitative estimate of drug-likeness (QED) is 0.0989. The molecule has 0 aromatic heterocycles. The summed E-state index contributed by atoms with van der Waals surface area (Å²) < 4.78 is 49.4. The van der Waals surface area contributed by atoms with Crippen LogP contribution in [-0.2, 0) is 57.1 Å². The van der Waals surface area contributed by atoms with Gasteiger partial charge in [0.1, 0.15) is 0 Å². The Hall–Kier alpha value is 1.77. The van der Waals surface area contributed by atoms with Gasteiger partial charge in [-0.1, -0.05) is 6.08 Å². The summed E-state index contributed by atoms with van der Waals surface area (Å²) in [6, 6.07) is 0. The molecule has 0 aliphatic rings. The normalized spacial score (nSPS) is 11.5. The van der Waals surface area contributed by atoms with Crippen LogP contribution in [0.25, 0.3) is 0 Å². The molecule has 0 rings (SSSR count). The summed E-state index contributed by atoms with van der Waals surface area (Å²) in [6.45, 7) is 42.0. The van der Waals surface area contributed by atoms with E-state index >= 15 is 0 Å². The standard InChI is InChI=1S/3C9H21O3P.C3H5.BrH.Rh/c3*1-7(2)10-13(11-8(3)4)12-9(5)6;1-3-2;;/h3*7-9H,1-6H3;3H,1-2H2;1H;/q;;;;;+3/p-1. The van der Waals surface area contributed by atoms with E-state index < -0.39 is 25.8 Å². The summed E-state index contributed by atoms with van der Waals surface area (Å²) >= 11 is 5.19. The van der Waals surface area contributed by atoms with Gasteiger partial charge in [-0.3, -0.25) is 0 Å². The number of allylic oxidation sites excluding steroid dienone is 1. The maximum atomic E-state index is 5.49. The topological polar surface area (TPSA) is 83.1 Å². The van der Waals surface area contributed by atoms with Crippen LogP contribution in [0.3, 0.4) is 0 Å². The molecule has 44 heavy (non-hydrogen) atoms. The van der Waals surface area contributed by atoms with Gasteiger partial charge < -0.3 is 40.7 Å². The van der Waals surface area contributed by atoms with Crippen molar-refractivity contribution in [3.63, 3.8) is 0 Å². The summed E-state index contributed by atoms with van der Waals surface area (Å²) in [6.07, 6.45) is 2.78. The van der Waals surface area contributed by atoms with Crippen molar-refractivity contribution in [2.24, 2.45) is 0 Å². The Morgan fingerprint density at radius 2 is 0.432 bits per heavy atom. The Labute approximate surface area is 294 Å². The number of halogens is 1. The zero-order valence-corrected chi connectivity index (χ0v) is 36.8. The average Bonchev–Trinajstić information content (AvgIpc) is 2.77. The van der Waals surface area contributed by atoms with E-state index in [0.29, 0.717) is 0 Å². The Kier molecular flexibility index (Phi) is 47.2. The van der Waals surface area contributed by atoms with Gasteiger partial charge in [-0.05, 0) is 132 Å². The van der Waals surface area contributed by atoms with Gasteiger partial charge in [0.15, 0.2) is 0 Å². The molecule has 0 amide bonds. The molecule has 0 saturated carbocycles. The molecule has 0 spiro atoms. The third kappa shape index (κ3) is 56.1. The van der Waals surface area contributed by atoms with E-state index in [9.17, 15) is 0 Å². The molecule has 271 valence electrons. The predicted molar refractivity (Wildman–Crippen MR) is 191 cm³/mol. The monoisotopic (exact) mass is 847 g/mol. The summed E-state index contributed by atoms with van der Waals surface area (Å²) in [5, 5.41) is 0. The van der Waals surface area contributed by atoms with E-state index in [1.165, 1.54) is 6.08 Å². The van der Waals surface area contributed by atoms with Crippen LogP contribution in [0.2, 0.25) is 0 Å². The molecule has 14 heteroatoms. The van der Waals surface area contributed by atoms with Crippen LogP contribution in [0.4, 0.5) is 0 Å². The molecule has 9 nitrogen and oxygen atoms in total. The van der Waals surface area contributed by atoms with Gasteiger partial charge in [-0.25, -0.2) is 0 Å². The zero-order valence-electron chi connectivity index (χ0n) is 30.9. The van der Waals surface area contributed by atoms with Crippen LogP contribution >= 0.6 is 39.4 Å².